The van der Waals surface area contributed by atoms with E-state index in [2.05, 4.69) is 23.3 Å². The molecule has 1 aliphatic heterocycles. The summed E-state index contributed by atoms with van der Waals surface area (Å²) in [6, 6.07) is 11.8. The fraction of sp³-hybridized carbons (Fsp3) is 0.316. The molecule has 1 aromatic carbocycles. The van der Waals surface area contributed by atoms with Crippen LogP contribution in [-0.4, -0.2) is 28.0 Å². The van der Waals surface area contributed by atoms with Crippen molar-refractivity contribution in [2.24, 2.45) is 0 Å². The Hall–Kier alpha value is -2.05. The van der Waals surface area contributed by atoms with Crippen LogP contribution in [0.5, 0.6) is 5.75 Å². The Labute approximate surface area is 163 Å². The maximum Gasteiger partial charge on any atom is 0.286 e. The molecule has 0 unspecified atom stereocenters. The first-order chi connectivity index (χ1) is 12.1. The maximum atomic E-state index is 11.6. The highest BCUT2D eigenvalue weighted by molar-refractivity contribution is 8.15. The van der Waals surface area contributed by atoms with Crippen molar-refractivity contribution in [2.75, 3.05) is 6.61 Å². The molecule has 1 aromatic heterocycles. The van der Waals surface area contributed by atoms with Gasteiger partial charge < -0.3 is 4.74 Å². The van der Waals surface area contributed by atoms with Crippen molar-refractivity contribution >= 4 is 35.3 Å². The Morgan fingerprint density at radius 2 is 1.85 bits per heavy atom. The van der Waals surface area contributed by atoms with Crippen LogP contribution in [-0.2, 0) is 24.1 Å². The highest BCUT2D eigenvalue weighted by atomic mass is 35.5. The van der Waals surface area contributed by atoms with Crippen LogP contribution in [0.15, 0.2) is 42.6 Å². The molecule has 138 valence electrons. The third kappa shape index (κ3) is 5.47. The van der Waals surface area contributed by atoms with Crippen LogP contribution in [0.2, 0.25) is 0 Å². The predicted octanol–water partition coefficient (Wildman–Crippen LogP) is 3.58. The van der Waals surface area contributed by atoms with E-state index in [1.54, 1.807) is 0 Å². The van der Waals surface area contributed by atoms with Crippen LogP contribution in [0.25, 0.3) is 0 Å². The number of amides is 2. The summed E-state index contributed by atoms with van der Waals surface area (Å²) in [5.41, 5.74) is 3.25. The molecule has 5 nitrogen and oxygen atoms in total. The monoisotopic (exact) mass is 392 g/mol. The second-order valence-corrected chi connectivity index (χ2v) is 7.02. The number of carbonyl (C=O) groups excluding carboxylic acids is 2. The number of rotatable bonds is 7. The summed E-state index contributed by atoms with van der Waals surface area (Å²) in [4.78, 5) is 27.2. The van der Waals surface area contributed by atoms with Gasteiger partial charge in [-0.3, -0.25) is 19.9 Å². The minimum atomic E-state index is -0.337. The summed E-state index contributed by atoms with van der Waals surface area (Å²) in [5.74, 6) is 0.574. The Bertz CT molecular complexity index is 750. The van der Waals surface area contributed by atoms with E-state index >= 15 is 0 Å². The van der Waals surface area contributed by atoms with Crippen LogP contribution < -0.4 is 10.1 Å². The molecular formula is C19H21ClN2O3S. The number of thioether (sulfide) groups is 1. The first kappa shape index (κ1) is 20.3. The molecule has 2 amide bonds. The fourth-order valence-electron chi connectivity index (χ4n) is 2.55. The number of carbonyl (C=O) groups is 2. The molecule has 0 bridgehead atoms. The molecule has 7 heteroatoms. The third-order valence-corrected chi connectivity index (χ3v) is 5.01. The van der Waals surface area contributed by atoms with Crippen molar-refractivity contribution < 1.29 is 14.3 Å². The van der Waals surface area contributed by atoms with E-state index in [1.807, 2.05) is 36.5 Å². The zero-order valence-corrected chi connectivity index (χ0v) is 16.1. The number of benzene rings is 1. The van der Waals surface area contributed by atoms with Gasteiger partial charge in [-0.05, 0) is 42.2 Å². The highest BCUT2D eigenvalue weighted by Gasteiger charge is 2.31. The van der Waals surface area contributed by atoms with Gasteiger partial charge in [0, 0.05) is 18.3 Å². The van der Waals surface area contributed by atoms with Crippen LogP contribution in [0.4, 0.5) is 4.79 Å². The largest absolute Gasteiger partial charge is 0.493 e. The average molecular weight is 393 g/mol. The molecule has 1 aliphatic rings. The van der Waals surface area contributed by atoms with Gasteiger partial charge in [0.15, 0.2) is 0 Å². The summed E-state index contributed by atoms with van der Waals surface area (Å²) >= 11 is 1.05. The average Bonchev–Trinajstić information content (AvgIpc) is 2.94. The van der Waals surface area contributed by atoms with Gasteiger partial charge in [0.2, 0.25) is 5.91 Å². The summed E-state index contributed by atoms with van der Waals surface area (Å²) in [6.45, 7) is 2.67. The lowest BCUT2D eigenvalue weighted by atomic mass is 10.1. The van der Waals surface area contributed by atoms with Crippen LogP contribution in [0, 0.1) is 0 Å². The number of hydrogen-bond acceptors (Lipinski definition) is 5. The normalized spacial score (nSPS) is 16.1. The number of hydrogen-bond donors (Lipinski definition) is 1. The van der Waals surface area contributed by atoms with Crippen molar-refractivity contribution in [2.45, 2.75) is 31.4 Å². The SMILES string of the molecule is CCc1ccc(CCOc2ccc(C[C@H]3SC(=O)NC3=O)cc2)nc1.Cl. The molecule has 2 heterocycles. The van der Waals surface area contributed by atoms with E-state index in [9.17, 15) is 9.59 Å². The van der Waals surface area contributed by atoms with Crippen LogP contribution in [0.3, 0.4) is 0 Å². The van der Waals surface area contributed by atoms with Crippen molar-refractivity contribution in [1.29, 1.82) is 0 Å². The summed E-state index contributed by atoms with van der Waals surface area (Å²) in [7, 11) is 0. The van der Waals surface area contributed by atoms with Gasteiger partial charge in [0.05, 0.1) is 11.9 Å². The highest BCUT2D eigenvalue weighted by Crippen LogP contribution is 2.23. The molecule has 0 saturated carbocycles. The first-order valence-electron chi connectivity index (χ1n) is 8.31. The molecule has 2 aromatic rings. The summed E-state index contributed by atoms with van der Waals surface area (Å²) in [6.07, 6.45) is 4.19. The van der Waals surface area contributed by atoms with Crippen LogP contribution >= 0.6 is 24.2 Å². The predicted molar refractivity (Wildman–Crippen MR) is 105 cm³/mol. The van der Waals surface area contributed by atoms with E-state index in [0.717, 1.165) is 41.6 Å². The van der Waals surface area contributed by atoms with Gasteiger partial charge in [-0.15, -0.1) is 12.4 Å². The molecule has 1 N–H and O–H groups in total. The number of nitrogens with zero attached hydrogens (tertiary/aromatic N) is 1. The van der Waals surface area contributed by atoms with Gasteiger partial charge in [-0.1, -0.05) is 36.9 Å². The lowest BCUT2D eigenvalue weighted by molar-refractivity contribution is -0.118. The Balaban J connectivity index is 0.00000243. The quantitative estimate of drug-likeness (QED) is 0.779. The van der Waals surface area contributed by atoms with Crippen molar-refractivity contribution in [3.8, 4) is 5.75 Å². The fourth-order valence-corrected chi connectivity index (χ4v) is 3.41. The molecule has 0 aliphatic carbocycles. The topological polar surface area (TPSA) is 68.3 Å². The second-order valence-electron chi connectivity index (χ2n) is 5.84. The Morgan fingerprint density at radius 1 is 1.12 bits per heavy atom. The minimum Gasteiger partial charge on any atom is -0.493 e. The molecule has 3 rings (SSSR count). The third-order valence-electron chi connectivity index (χ3n) is 4.03. The van der Waals surface area contributed by atoms with Gasteiger partial charge in [-0.25, -0.2) is 0 Å². The number of pyridine rings is 1. The number of halogens is 1. The van der Waals surface area contributed by atoms with E-state index in [-0.39, 0.29) is 28.8 Å². The van der Waals surface area contributed by atoms with Gasteiger partial charge in [-0.2, -0.15) is 0 Å². The standard InChI is InChI=1S/C19H20N2O3S.ClH/c1-2-13-3-6-15(20-12-13)9-10-24-16-7-4-14(5-8-16)11-17-18(22)21-19(23)25-17;/h3-8,12,17H,2,9-11H2,1H3,(H,21,22,23);1H/t17-;/m1./s1. The van der Waals surface area contributed by atoms with Crippen molar-refractivity contribution in [3.05, 3.63) is 59.4 Å². The number of imide groups is 1. The number of nitrogens with one attached hydrogen (secondary N) is 1. The van der Waals surface area contributed by atoms with E-state index in [4.69, 9.17) is 4.74 Å². The Morgan fingerprint density at radius 3 is 2.42 bits per heavy atom. The van der Waals surface area contributed by atoms with Gasteiger partial charge >= 0.3 is 0 Å². The molecule has 1 fully saturated rings. The van der Waals surface area contributed by atoms with E-state index in [1.165, 1.54) is 5.56 Å². The molecule has 0 radical (unpaired) electrons. The van der Waals surface area contributed by atoms with Gasteiger partial charge in [0.25, 0.3) is 5.24 Å². The first-order valence-corrected chi connectivity index (χ1v) is 9.19. The molecule has 1 saturated heterocycles. The summed E-state index contributed by atoms with van der Waals surface area (Å²) < 4.78 is 5.75. The number of ether oxygens (including phenoxy) is 1. The molecular weight excluding hydrogens is 372 g/mol. The molecule has 1 atom stereocenters. The zero-order valence-electron chi connectivity index (χ0n) is 14.4. The number of aryl methyl sites for hydroxylation is 1. The lowest BCUT2D eigenvalue weighted by Gasteiger charge is -2.09. The van der Waals surface area contributed by atoms with E-state index in [0.29, 0.717) is 13.0 Å². The van der Waals surface area contributed by atoms with E-state index < -0.39 is 0 Å². The Kier molecular flexibility index (Phi) is 7.48. The minimum absolute atomic E-state index is 0. The second kappa shape index (κ2) is 9.59. The zero-order chi connectivity index (χ0) is 17.6. The van der Waals surface area contributed by atoms with Gasteiger partial charge in [0.1, 0.15) is 5.75 Å². The molecule has 0 spiro atoms. The molecule has 26 heavy (non-hydrogen) atoms. The number of aromatic nitrogens is 1. The van der Waals surface area contributed by atoms with Crippen LogP contribution in [0.1, 0.15) is 23.7 Å². The van der Waals surface area contributed by atoms with Crippen molar-refractivity contribution in [1.82, 2.24) is 10.3 Å². The summed E-state index contributed by atoms with van der Waals surface area (Å²) in [5, 5.41) is 1.70. The smallest absolute Gasteiger partial charge is 0.286 e. The van der Waals surface area contributed by atoms with Crippen molar-refractivity contribution in [3.63, 3.8) is 0 Å². The lowest BCUT2D eigenvalue weighted by Crippen LogP contribution is -2.25. The maximum absolute atomic E-state index is 11.6.